The molecule has 0 radical (unpaired) electrons. The molecule has 0 amide bonds. The molecule has 0 aliphatic carbocycles. The van der Waals surface area contributed by atoms with Gasteiger partial charge in [0.25, 0.3) is 0 Å². The lowest BCUT2D eigenvalue weighted by Crippen LogP contribution is -1.86. The molecule has 0 aliphatic heterocycles. The molecule has 0 saturated carbocycles. The van der Waals surface area contributed by atoms with Crippen LogP contribution in [-0.4, -0.2) is 15.8 Å². The van der Waals surface area contributed by atoms with Gasteiger partial charge in [0, 0.05) is 6.20 Å². The van der Waals surface area contributed by atoms with E-state index in [4.69, 9.17) is 5.26 Å². The summed E-state index contributed by atoms with van der Waals surface area (Å²) in [6, 6.07) is 0. The number of imidazole rings is 1. The summed E-state index contributed by atoms with van der Waals surface area (Å²) < 4.78 is 1.46. The Morgan fingerprint density at radius 2 is 2.50 bits per heavy atom. The van der Waals surface area contributed by atoms with E-state index < -0.39 is 0 Å². The first kappa shape index (κ1) is 7.16. The van der Waals surface area contributed by atoms with Gasteiger partial charge in [-0.15, -0.1) is 0 Å². The van der Waals surface area contributed by atoms with Gasteiger partial charge in [0.15, 0.2) is 11.3 Å². The molecular formula is C6H7N3S. The number of hydrogen-bond donors (Lipinski definition) is 0. The van der Waals surface area contributed by atoms with Gasteiger partial charge in [0.2, 0.25) is 0 Å². The first-order chi connectivity index (χ1) is 4.77. The quantitative estimate of drug-likeness (QED) is 0.570. The molecule has 0 saturated heterocycles. The molecule has 0 unspecified atom stereocenters. The van der Waals surface area contributed by atoms with Crippen LogP contribution in [0.3, 0.4) is 0 Å². The van der Waals surface area contributed by atoms with Crippen molar-refractivity contribution in [2.45, 2.75) is 12.1 Å². The maximum absolute atomic E-state index is 8.52. The van der Waals surface area contributed by atoms with Gasteiger partial charge < -0.3 is 0 Å². The fourth-order valence-corrected chi connectivity index (χ4v) is 1.22. The molecular weight excluding hydrogens is 146 g/mol. The molecule has 0 aromatic carbocycles. The van der Waals surface area contributed by atoms with Crippen LogP contribution in [0.5, 0.6) is 0 Å². The number of nitrogens with zero attached hydrogens (tertiary/aromatic N) is 3. The molecule has 1 aromatic heterocycles. The second-order valence-corrected chi connectivity index (χ2v) is 2.61. The highest BCUT2D eigenvalue weighted by Crippen LogP contribution is 2.12. The molecule has 0 spiro atoms. The molecule has 0 fully saturated rings. The zero-order chi connectivity index (χ0) is 7.56. The van der Waals surface area contributed by atoms with Crippen molar-refractivity contribution in [2.24, 2.45) is 0 Å². The van der Waals surface area contributed by atoms with Crippen LogP contribution in [0.15, 0.2) is 11.4 Å². The van der Waals surface area contributed by atoms with Gasteiger partial charge in [-0.1, -0.05) is 11.8 Å². The van der Waals surface area contributed by atoms with E-state index in [0.717, 1.165) is 10.9 Å². The number of rotatable bonds is 1. The number of aromatic nitrogens is 2. The van der Waals surface area contributed by atoms with Crippen molar-refractivity contribution in [3.63, 3.8) is 0 Å². The average Bonchev–Trinajstić information content (AvgIpc) is 2.30. The molecule has 3 nitrogen and oxygen atoms in total. The van der Waals surface area contributed by atoms with Crippen LogP contribution >= 0.6 is 11.8 Å². The van der Waals surface area contributed by atoms with Crippen molar-refractivity contribution in [3.05, 3.63) is 11.9 Å². The van der Waals surface area contributed by atoms with Crippen LogP contribution in [0.25, 0.3) is 0 Å². The molecule has 4 heteroatoms. The molecule has 0 atom stereocenters. The van der Waals surface area contributed by atoms with Crippen molar-refractivity contribution >= 4 is 11.8 Å². The van der Waals surface area contributed by atoms with Crippen molar-refractivity contribution in [2.75, 3.05) is 6.26 Å². The summed E-state index contributed by atoms with van der Waals surface area (Å²) in [5.74, 6) is 0. The Morgan fingerprint density at radius 1 is 1.80 bits per heavy atom. The largest absolute Gasteiger partial charge is 0.231 e. The van der Waals surface area contributed by atoms with Gasteiger partial charge in [-0.05, 0) is 13.2 Å². The lowest BCUT2D eigenvalue weighted by atomic mass is 10.6. The predicted octanol–water partition coefficient (Wildman–Crippen LogP) is 1.24. The van der Waals surface area contributed by atoms with Crippen LogP contribution in [0.1, 0.15) is 5.69 Å². The molecule has 1 rings (SSSR count). The third kappa shape index (κ3) is 1.14. The highest BCUT2D eigenvalue weighted by Gasteiger charge is 2.00. The molecule has 0 aliphatic rings. The Balaban J connectivity index is 3.12. The number of thioether (sulfide) groups is 1. The van der Waals surface area contributed by atoms with E-state index in [2.05, 4.69) is 4.98 Å². The maximum Gasteiger partial charge on any atom is 0.190 e. The Hall–Kier alpha value is -0.950. The smallest absolute Gasteiger partial charge is 0.190 e. The molecule has 52 valence electrons. The second-order valence-electron chi connectivity index (χ2n) is 1.84. The zero-order valence-corrected chi connectivity index (χ0v) is 6.64. The van der Waals surface area contributed by atoms with Crippen LogP contribution in [-0.2, 0) is 0 Å². The van der Waals surface area contributed by atoms with E-state index >= 15 is 0 Å². The van der Waals surface area contributed by atoms with Crippen molar-refractivity contribution < 1.29 is 0 Å². The van der Waals surface area contributed by atoms with E-state index in [-0.39, 0.29) is 0 Å². The monoisotopic (exact) mass is 153 g/mol. The first-order valence-corrected chi connectivity index (χ1v) is 4.00. The van der Waals surface area contributed by atoms with Crippen molar-refractivity contribution in [1.29, 1.82) is 5.26 Å². The van der Waals surface area contributed by atoms with Gasteiger partial charge in [-0.25, -0.2) is 9.55 Å². The van der Waals surface area contributed by atoms with Gasteiger partial charge >= 0.3 is 0 Å². The molecule has 1 heterocycles. The first-order valence-electron chi connectivity index (χ1n) is 2.78. The van der Waals surface area contributed by atoms with E-state index in [1.807, 2.05) is 19.4 Å². The average molecular weight is 153 g/mol. The summed E-state index contributed by atoms with van der Waals surface area (Å²) in [7, 11) is 0. The molecule has 1 aromatic rings. The van der Waals surface area contributed by atoms with Gasteiger partial charge in [0.05, 0.1) is 5.69 Å². The summed E-state index contributed by atoms with van der Waals surface area (Å²) in [6.07, 6.45) is 5.61. The van der Waals surface area contributed by atoms with E-state index in [1.54, 1.807) is 6.20 Å². The minimum absolute atomic E-state index is 0.750. The summed E-state index contributed by atoms with van der Waals surface area (Å²) in [5, 5.41) is 9.27. The van der Waals surface area contributed by atoms with Crippen LogP contribution in [0, 0.1) is 18.4 Å². The minimum Gasteiger partial charge on any atom is -0.231 e. The predicted molar refractivity (Wildman–Crippen MR) is 39.8 cm³/mol. The highest BCUT2D eigenvalue weighted by atomic mass is 32.2. The van der Waals surface area contributed by atoms with Gasteiger partial charge in [-0.2, -0.15) is 5.26 Å². The Labute approximate surface area is 63.7 Å². The van der Waals surface area contributed by atoms with Gasteiger partial charge in [-0.3, -0.25) is 0 Å². The fraction of sp³-hybridized carbons (Fsp3) is 0.333. The topological polar surface area (TPSA) is 41.6 Å². The molecule has 0 bridgehead atoms. The highest BCUT2D eigenvalue weighted by molar-refractivity contribution is 7.98. The van der Waals surface area contributed by atoms with Gasteiger partial charge in [0.1, 0.15) is 0 Å². The number of aryl methyl sites for hydroxylation is 1. The fourth-order valence-electron chi connectivity index (χ4n) is 0.691. The standard InChI is InChI=1S/C6H7N3S/c1-5-3-9(4-7)6(8-5)10-2/h3H,1-2H3. The Kier molecular flexibility index (Phi) is 1.97. The van der Waals surface area contributed by atoms with Crippen molar-refractivity contribution in [1.82, 2.24) is 9.55 Å². The third-order valence-electron chi connectivity index (χ3n) is 1.08. The zero-order valence-electron chi connectivity index (χ0n) is 5.83. The van der Waals surface area contributed by atoms with E-state index in [9.17, 15) is 0 Å². The van der Waals surface area contributed by atoms with Crippen LogP contribution < -0.4 is 0 Å². The van der Waals surface area contributed by atoms with E-state index in [0.29, 0.717) is 0 Å². The van der Waals surface area contributed by atoms with E-state index in [1.165, 1.54) is 16.3 Å². The normalized spacial score (nSPS) is 9.30. The SMILES string of the molecule is CSc1nc(C)cn1C#N. The maximum atomic E-state index is 8.52. The summed E-state index contributed by atoms with van der Waals surface area (Å²) in [6.45, 7) is 1.87. The second kappa shape index (κ2) is 2.76. The lowest BCUT2D eigenvalue weighted by molar-refractivity contribution is 0.911. The number of nitriles is 1. The summed E-state index contributed by atoms with van der Waals surface area (Å²) in [5.41, 5.74) is 0.880. The van der Waals surface area contributed by atoms with Crippen molar-refractivity contribution in [3.8, 4) is 6.19 Å². The van der Waals surface area contributed by atoms with Crippen LogP contribution in [0.4, 0.5) is 0 Å². The molecule has 0 N–H and O–H groups in total. The Bertz CT molecular complexity index is 271. The Morgan fingerprint density at radius 3 is 2.90 bits per heavy atom. The molecule has 10 heavy (non-hydrogen) atoms. The third-order valence-corrected chi connectivity index (χ3v) is 1.74. The summed E-state index contributed by atoms with van der Waals surface area (Å²) >= 11 is 1.47. The summed E-state index contributed by atoms with van der Waals surface area (Å²) in [4.78, 5) is 4.10. The number of hydrogen-bond acceptors (Lipinski definition) is 3. The lowest BCUT2D eigenvalue weighted by Gasteiger charge is -1.88. The minimum atomic E-state index is 0.750. The van der Waals surface area contributed by atoms with Crippen LogP contribution in [0.2, 0.25) is 0 Å².